The number of likely N-dealkylation sites (N-methyl/N-ethyl adjacent to an activating group) is 1. The summed E-state index contributed by atoms with van der Waals surface area (Å²) in [6, 6.07) is 0. The van der Waals surface area contributed by atoms with E-state index in [4.69, 9.17) is 4.84 Å². The molecule has 2 heterocycles. The van der Waals surface area contributed by atoms with E-state index in [0.717, 1.165) is 51.2 Å². The summed E-state index contributed by atoms with van der Waals surface area (Å²) < 4.78 is 0. The lowest BCUT2D eigenvalue weighted by Gasteiger charge is -2.24. The fraction of sp³-hybridized carbons (Fsp3) is 0.714. The first-order valence-corrected chi connectivity index (χ1v) is 6.96. The molecular formula is C14H23N3O2. The van der Waals surface area contributed by atoms with Crippen LogP contribution in [0.3, 0.4) is 0 Å². The Kier molecular flexibility index (Phi) is 4.96. The van der Waals surface area contributed by atoms with Gasteiger partial charge in [0.25, 0.3) is 0 Å². The molecule has 0 aliphatic carbocycles. The van der Waals surface area contributed by atoms with E-state index in [1.54, 1.807) is 7.11 Å². The molecule has 2 aliphatic heterocycles. The number of hydrogen-bond acceptors (Lipinski definition) is 4. The van der Waals surface area contributed by atoms with Crippen molar-refractivity contribution in [3.63, 3.8) is 0 Å². The maximum atomic E-state index is 11.6. The second-order valence-corrected chi connectivity index (χ2v) is 5.21. The molecule has 0 N–H and O–H groups in total. The summed E-state index contributed by atoms with van der Waals surface area (Å²) in [7, 11) is 3.69. The van der Waals surface area contributed by atoms with E-state index < -0.39 is 0 Å². The van der Waals surface area contributed by atoms with Crippen LogP contribution in [0.1, 0.15) is 25.7 Å². The van der Waals surface area contributed by atoms with Gasteiger partial charge in [-0.05, 0) is 25.5 Å². The van der Waals surface area contributed by atoms with Crippen LogP contribution in [0.25, 0.3) is 0 Å². The van der Waals surface area contributed by atoms with Gasteiger partial charge in [-0.25, -0.2) is 0 Å². The number of likely N-dealkylation sites (tertiary alicyclic amines) is 1. The molecule has 0 aromatic heterocycles. The molecule has 0 unspecified atom stereocenters. The standard InChI is InChI=1S/C14H23N3O2/c1-16-8-3-5-12(11-16)13(15-19-2)7-10-17-9-4-6-14(17)18/h5H,3-4,6-11H2,1-2H3/b15-13-. The van der Waals surface area contributed by atoms with Gasteiger partial charge in [0.2, 0.25) is 5.91 Å². The molecule has 19 heavy (non-hydrogen) atoms. The van der Waals surface area contributed by atoms with Crippen LogP contribution in [-0.2, 0) is 9.63 Å². The van der Waals surface area contributed by atoms with Gasteiger partial charge in [-0.15, -0.1) is 0 Å². The van der Waals surface area contributed by atoms with Gasteiger partial charge in [-0.3, -0.25) is 4.79 Å². The first kappa shape index (κ1) is 14.1. The lowest BCUT2D eigenvalue weighted by Crippen LogP contribution is -2.31. The minimum atomic E-state index is 0.270. The van der Waals surface area contributed by atoms with E-state index in [-0.39, 0.29) is 5.91 Å². The van der Waals surface area contributed by atoms with Gasteiger partial charge >= 0.3 is 0 Å². The molecule has 0 aromatic carbocycles. The van der Waals surface area contributed by atoms with Gasteiger partial charge < -0.3 is 14.6 Å². The summed E-state index contributed by atoms with van der Waals surface area (Å²) >= 11 is 0. The van der Waals surface area contributed by atoms with Crippen molar-refractivity contribution in [2.24, 2.45) is 5.16 Å². The molecule has 1 amide bonds. The topological polar surface area (TPSA) is 45.1 Å². The van der Waals surface area contributed by atoms with Gasteiger partial charge in [0.1, 0.15) is 7.11 Å². The van der Waals surface area contributed by atoms with Crippen molar-refractivity contribution in [2.45, 2.75) is 25.7 Å². The van der Waals surface area contributed by atoms with Crippen LogP contribution in [0.15, 0.2) is 16.8 Å². The monoisotopic (exact) mass is 265 g/mol. The van der Waals surface area contributed by atoms with E-state index in [1.165, 1.54) is 5.57 Å². The zero-order valence-corrected chi connectivity index (χ0v) is 11.9. The molecular weight excluding hydrogens is 242 g/mol. The zero-order valence-electron chi connectivity index (χ0n) is 11.9. The van der Waals surface area contributed by atoms with Crippen LogP contribution in [0.2, 0.25) is 0 Å². The fourth-order valence-electron chi connectivity index (χ4n) is 2.66. The molecule has 106 valence electrons. The lowest BCUT2D eigenvalue weighted by molar-refractivity contribution is -0.127. The van der Waals surface area contributed by atoms with E-state index >= 15 is 0 Å². The van der Waals surface area contributed by atoms with E-state index in [1.807, 2.05) is 4.90 Å². The summed E-state index contributed by atoms with van der Waals surface area (Å²) in [6.07, 6.45) is 5.75. The van der Waals surface area contributed by atoms with Gasteiger partial charge in [-0.1, -0.05) is 11.2 Å². The number of amides is 1. The van der Waals surface area contributed by atoms with Crippen molar-refractivity contribution in [1.82, 2.24) is 9.80 Å². The largest absolute Gasteiger partial charge is 0.399 e. The summed E-state index contributed by atoms with van der Waals surface area (Å²) in [5, 5.41) is 4.15. The van der Waals surface area contributed by atoms with Crippen LogP contribution in [0, 0.1) is 0 Å². The third-order valence-electron chi connectivity index (χ3n) is 3.70. The van der Waals surface area contributed by atoms with Gasteiger partial charge in [-0.2, -0.15) is 0 Å². The number of hydrogen-bond donors (Lipinski definition) is 0. The molecule has 1 saturated heterocycles. The molecule has 2 aliphatic rings. The van der Waals surface area contributed by atoms with E-state index in [0.29, 0.717) is 6.42 Å². The van der Waals surface area contributed by atoms with Crippen molar-refractivity contribution in [3.8, 4) is 0 Å². The summed E-state index contributed by atoms with van der Waals surface area (Å²) in [4.78, 5) is 20.8. The van der Waals surface area contributed by atoms with Crippen LogP contribution < -0.4 is 0 Å². The van der Waals surface area contributed by atoms with E-state index in [9.17, 15) is 4.79 Å². The average Bonchev–Trinajstić information content (AvgIpc) is 2.80. The molecule has 2 rings (SSSR count). The zero-order chi connectivity index (χ0) is 13.7. The third kappa shape index (κ3) is 3.80. The molecule has 0 aromatic rings. The second kappa shape index (κ2) is 6.70. The summed E-state index contributed by atoms with van der Waals surface area (Å²) in [5.41, 5.74) is 2.22. The molecule has 0 saturated carbocycles. The van der Waals surface area contributed by atoms with Gasteiger partial charge in [0, 0.05) is 39.0 Å². The molecule has 5 nitrogen and oxygen atoms in total. The molecule has 0 bridgehead atoms. The SMILES string of the molecule is CO/N=C(/CCN1CCCC1=O)C1=CCCN(C)C1. The van der Waals surface area contributed by atoms with Crippen molar-refractivity contribution in [3.05, 3.63) is 11.6 Å². The van der Waals surface area contributed by atoms with Crippen molar-refractivity contribution < 1.29 is 9.63 Å². The Labute approximate surface area is 114 Å². The van der Waals surface area contributed by atoms with Crippen LogP contribution >= 0.6 is 0 Å². The molecule has 0 radical (unpaired) electrons. The van der Waals surface area contributed by atoms with Crippen molar-refractivity contribution in [2.75, 3.05) is 40.3 Å². The molecule has 0 spiro atoms. The predicted octanol–water partition coefficient (Wildman–Crippen LogP) is 1.26. The number of oxime groups is 1. The second-order valence-electron chi connectivity index (χ2n) is 5.21. The Morgan fingerprint density at radius 2 is 2.32 bits per heavy atom. The van der Waals surface area contributed by atoms with Crippen molar-refractivity contribution >= 4 is 11.6 Å². The average molecular weight is 265 g/mol. The smallest absolute Gasteiger partial charge is 0.222 e. The highest BCUT2D eigenvalue weighted by Gasteiger charge is 2.21. The quantitative estimate of drug-likeness (QED) is 0.555. The Morgan fingerprint density at radius 3 is 2.95 bits per heavy atom. The fourth-order valence-corrected chi connectivity index (χ4v) is 2.66. The maximum absolute atomic E-state index is 11.6. The normalized spacial score (nSPS) is 21.8. The third-order valence-corrected chi connectivity index (χ3v) is 3.70. The first-order valence-electron chi connectivity index (χ1n) is 6.96. The minimum absolute atomic E-state index is 0.270. The van der Waals surface area contributed by atoms with Crippen LogP contribution in [-0.4, -0.2) is 61.8 Å². The minimum Gasteiger partial charge on any atom is -0.399 e. The molecule has 1 fully saturated rings. The Hall–Kier alpha value is -1.36. The highest BCUT2D eigenvalue weighted by Crippen LogP contribution is 2.15. The predicted molar refractivity (Wildman–Crippen MR) is 75.1 cm³/mol. The number of carbonyl (C=O) groups is 1. The lowest BCUT2D eigenvalue weighted by atomic mass is 10.0. The number of nitrogens with zero attached hydrogens (tertiary/aromatic N) is 3. The van der Waals surface area contributed by atoms with Crippen molar-refractivity contribution in [1.29, 1.82) is 0 Å². The maximum Gasteiger partial charge on any atom is 0.222 e. The number of rotatable bonds is 5. The summed E-state index contributed by atoms with van der Waals surface area (Å²) in [6.45, 7) is 3.64. The Balaban J connectivity index is 1.95. The van der Waals surface area contributed by atoms with Gasteiger partial charge in [0.15, 0.2) is 0 Å². The van der Waals surface area contributed by atoms with E-state index in [2.05, 4.69) is 23.2 Å². The Bertz CT molecular complexity index is 390. The van der Waals surface area contributed by atoms with Gasteiger partial charge in [0.05, 0.1) is 5.71 Å². The first-order chi connectivity index (χ1) is 9.20. The molecule has 5 heteroatoms. The van der Waals surface area contributed by atoms with Crippen LogP contribution in [0.4, 0.5) is 0 Å². The Morgan fingerprint density at radius 1 is 1.47 bits per heavy atom. The van der Waals surface area contributed by atoms with Crippen LogP contribution in [0.5, 0.6) is 0 Å². The molecule has 0 atom stereocenters. The number of carbonyl (C=O) groups excluding carboxylic acids is 1. The highest BCUT2D eigenvalue weighted by molar-refractivity contribution is 6.00. The summed E-state index contributed by atoms with van der Waals surface area (Å²) in [5.74, 6) is 0.270. The highest BCUT2D eigenvalue weighted by atomic mass is 16.6.